The minimum Gasteiger partial charge on any atom is -0.496 e. The SMILES string of the molecule is COc1ccccc1CCNCC(=O)NC(C)c1ccccc1. The van der Waals surface area contributed by atoms with E-state index in [9.17, 15) is 4.79 Å². The van der Waals surface area contributed by atoms with Gasteiger partial charge in [0.25, 0.3) is 0 Å². The molecule has 0 spiro atoms. The Morgan fingerprint density at radius 1 is 1.09 bits per heavy atom. The van der Waals surface area contributed by atoms with E-state index >= 15 is 0 Å². The second kappa shape index (κ2) is 8.96. The molecule has 23 heavy (non-hydrogen) atoms. The van der Waals surface area contributed by atoms with Gasteiger partial charge in [0.1, 0.15) is 5.75 Å². The van der Waals surface area contributed by atoms with Gasteiger partial charge < -0.3 is 15.4 Å². The molecule has 4 nitrogen and oxygen atoms in total. The molecule has 1 amide bonds. The van der Waals surface area contributed by atoms with Crippen LogP contribution in [0.5, 0.6) is 5.75 Å². The smallest absolute Gasteiger partial charge is 0.234 e. The predicted octanol–water partition coefficient (Wildman–Crippen LogP) is 2.70. The van der Waals surface area contributed by atoms with E-state index in [1.165, 1.54) is 0 Å². The first kappa shape index (κ1) is 17.0. The molecule has 0 radical (unpaired) electrons. The van der Waals surface area contributed by atoms with Crippen LogP contribution in [0.25, 0.3) is 0 Å². The lowest BCUT2D eigenvalue weighted by molar-refractivity contribution is -0.120. The molecule has 1 unspecified atom stereocenters. The second-order valence-electron chi connectivity index (χ2n) is 5.44. The lowest BCUT2D eigenvalue weighted by atomic mass is 10.1. The van der Waals surface area contributed by atoms with Gasteiger partial charge in [0.2, 0.25) is 5.91 Å². The summed E-state index contributed by atoms with van der Waals surface area (Å²) in [4.78, 5) is 12.0. The van der Waals surface area contributed by atoms with E-state index in [-0.39, 0.29) is 11.9 Å². The Morgan fingerprint density at radius 2 is 1.78 bits per heavy atom. The molecule has 0 aliphatic heterocycles. The lowest BCUT2D eigenvalue weighted by Crippen LogP contribution is -2.36. The van der Waals surface area contributed by atoms with Crippen LogP contribution in [0.2, 0.25) is 0 Å². The zero-order chi connectivity index (χ0) is 16.5. The molecule has 2 rings (SSSR count). The van der Waals surface area contributed by atoms with E-state index < -0.39 is 0 Å². The molecule has 122 valence electrons. The van der Waals surface area contributed by atoms with Gasteiger partial charge in [-0.1, -0.05) is 48.5 Å². The van der Waals surface area contributed by atoms with Gasteiger partial charge in [-0.15, -0.1) is 0 Å². The molecule has 0 saturated carbocycles. The summed E-state index contributed by atoms with van der Waals surface area (Å²) in [6, 6.07) is 17.9. The summed E-state index contributed by atoms with van der Waals surface area (Å²) in [6.07, 6.45) is 0.825. The number of carbonyl (C=O) groups is 1. The molecule has 4 heteroatoms. The molecule has 0 aliphatic rings. The van der Waals surface area contributed by atoms with E-state index in [0.29, 0.717) is 6.54 Å². The summed E-state index contributed by atoms with van der Waals surface area (Å²) in [7, 11) is 1.67. The van der Waals surface area contributed by atoms with Crippen molar-refractivity contribution in [1.82, 2.24) is 10.6 Å². The number of methoxy groups -OCH3 is 1. The van der Waals surface area contributed by atoms with Gasteiger partial charge >= 0.3 is 0 Å². The topological polar surface area (TPSA) is 50.4 Å². The average Bonchev–Trinajstić information content (AvgIpc) is 2.59. The number of ether oxygens (including phenoxy) is 1. The molecule has 0 bridgehead atoms. The molecule has 2 N–H and O–H groups in total. The van der Waals surface area contributed by atoms with Crippen LogP contribution >= 0.6 is 0 Å². The quantitative estimate of drug-likeness (QED) is 0.737. The number of hydrogen-bond acceptors (Lipinski definition) is 3. The number of rotatable bonds is 8. The first-order valence-electron chi connectivity index (χ1n) is 7.87. The molecule has 0 aliphatic carbocycles. The van der Waals surface area contributed by atoms with Crippen LogP contribution in [0.4, 0.5) is 0 Å². The van der Waals surface area contributed by atoms with Crippen LogP contribution in [0, 0.1) is 0 Å². The van der Waals surface area contributed by atoms with Gasteiger partial charge in [-0.25, -0.2) is 0 Å². The third kappa shape index (κ3) is 5.42. The number of para-hydroxylation sites is 1. The van der Waals surface area contributed by atoms with E-state index in [2.05, 4.69) is 10.6 Å². The third-order valence-corrected chi connectivity index (χ3v) is 3.73. The largest absolute Gasteiger partial charge is 0.496 e. The Hall–Kier alpha value is -2.33. The Labute approximate surface area is 137 Å². The molecule has 1 atom stereocenters. The third-order valence-electron chi connectivity index (χ3n) is 3.73. The zero-order valence-corrected chi connectivity index (χ0v) is 13.7. The average molecular weight is 312 g/mol. The minimum atomic E-state index is 0.00128. The van der Waals surface area contributed by atoms with E-state index in [4.69, 9.17) is 4.74 Å². The second-order valence-corrected chi connectivity index (χ2v) is 5.44. The summed E-state index contributed by atoms with van der Waals surface area (Å²) >= 11 is 0. The standard InChI is InChI=1S/C19H24N2O2/c1-15(16-8-4-3-5-9-16)21-19(22)14-20-13-12-17-10-6-7-11-18(17)23-2/h3-11,15,20H,12-14H2,1-2H3,(H,21,22). The van der Waals surface area contributed by atoms with Gasteiger partial charge in [-0.2, -0.15) is 0 Å². The fourth-order valence-electron chi connectivity index (χ4n) is 2.45. The summed E-state index contributed by atoms with van der Waals surface area (Å²) < 4.78 is 5.32. The van der Waals surface area contributed by atoms with Gasteiger partial charge in [-0.05, 0) is 37.1 Å². The summed E-state index contributed by atoms with van der Waals surface area (Å²) in [5, 5.41) is 6.17. The lowest BCUT2D eigenvalue weighted by Gasteiger charge is -2.14. The highest BCUT2D eigenvalue weighted by Gasteiger charge is 2.08. The van der Waals surface area contributed by atoms with Gasteiger partial charge in [0.15, 0.2) is 0 Å². The van der Waals surface area contributed by atoms with Crippen LogP contribution in [0.1, 0.15) is 24.1 Å². The van der Waals surface area contributed by atoms with Crippen molar-refractivity contribution in [2.45, 2.75) is 19.4 Å². The number of nitrogens with one attached hydrogen (secondary N) is 2. The van der Waals surface area contributed by atoms with Gasteiger partial charge in [0, 0.05) is 0 Å². The van der Waals surface area contributed by atoms with Gasteiger partial charge in [0.05, 0.1) is 19.7 Å². The summed E-state index contributed by atoms with van der Waals surface area (Å²) in [5.74, 6) is 0.887. The monoisotopic (exact) mass is 312 g/mol. The fourth-order valence-corrected chi connectivity index (χ4v) is 2.45. The van der Waals surface area contributed by atoms with Gasteiger partial charge in [-0.3, -0.25) is 4.79 Å². The van der Waals surface area contributed by atoms with Crippen LogP contribution < -0.4 is 15.4 Å². The normalized spacial score (nSPS) is 11.7. The van der Waals surface area contributed by atoms with Crippen molar-refractivity contribution in [1.29, 1.82) is 0 Å². The van der Waals surface area contributed by atoms with Crippen LogP contribution in [0.3, 0.4) is 0 Å². The van der Waals surface area contributed by atoms with Crippen molar-refractivity contribution >= 4 is 5.91 Å². The molecule has 0 saturated heterocycles. The molecular formula is C19H24N2O2. The minimum absolute atomic E-state index is 0.00128. The first-order valence-corrected chi connectivity index (χ1v) is 7.87. The molecule has 0 heterocycles. The molecule has 2 aromatic rings. The highest BCUT2D eigenvalue weighted by atomic mass is 16.5. The van der Waals surface area contributed by atoms with Crippen molar-refractivity contribution in [3.8, 4) is 5.75 Å². The molecular weight excluding hydrogens is 288 g/mol. The highest BCUT2D eigenvalue weighted by Crippen LogP contribution is 2.17. The van der Waals surface area contributed by atoms with E-state index in [0.717, 1.165) is 29.8 Å². The predicted molar refractivity (Wildman–Crippen MR) is 92.6 cm³/mol. The Balaban J connectivity index is 1.71. The maximum atomic E-state index is 12.0. The Bertz CT molecular complexity index is 614. The maximum absolute atomic E-state index is 12.0. The Kier molecular flexibility index (Phi) is 6.63. The van der Waals surface area contributed by atoms with Crippen molar-refractivity contribution in [2.75, 3.05) is 20.2 Å². The van der Waals surface area contributed by atoms with E-state index in [1.807, 2.05) is 61.5 Å². The summed E-state index contributed by atoms with van der Waals surface area (Å²) in [5.41, 5.74) is 2.25. The number of benzene rings is 2. The number of amides is 1. The van der Waals surface area contributed by atoms with Crippen LogP contribution in [-0.2, 0) is 11.2 Å². The maximum Gasteiger partial charge on any atom is 0.234 e. The van der Waals surface area contributed by atoms with Crippen LogP contribution in [0.15, 0.2) is 54.6 Å². The van der Waals surface area contributed by atoms with Crippen molar-refractivity contribution in [3.05, 3.63) is 65.7 Å². The van der Waals surface area contributed by atoms with Crippen molar-refractivity contribution < 1.29 is 9.53 Å². The highest BCUT2D eigenvalue weighted by molar-refractivity contribution is 5.78. The number of carbonyl (C=O) groups excluding carboxylic acids is 1. The molecule has 0 aromatic heterocycles. The summed E-state index contributed by atoms with van der Waals surface area (Å²) in [6.45, 7) is 3.03. The molecule has 0 fully saturated rings. The Morgan fingerprint density at radius 3 is 2.52 bits per heavy atom. The van der Waals surface area contributed by atoms with Crippen molar-refractivity contribution in [2.24, 2.45) is 0 Å². The van der Waals surface area contributed by atoms with E-state index in [1.54, 1.807) is 7.11 Å². The van der Waals surface area contributed by atoms with Crippen LogP contribution in [-0.4, -0.2) is 26.1 Å². The first-order chi connectivity index (χ1) is 11.2. The zero-order valence-electron chi connectivity index (χ0n) is 13.7. The number of hydrogen-bond donors (Lipinski definition) is 2. The fraction of sp³-hybridized carbons (Fsp3) is 0.316. The molecule has 2 aromatic carbocycles. The van der Waals surface area contributed by atoms with Crippen molar-refractivity contribution in [3.63, 3.8) is 0 Å².